The van der Waals surface area contributed by atoms with E-state index in [4.69, 9.17) is 11.6 Å². The number of benzene rings is 2. The fraction of sp³-hybridized carbons (Fsp3) is 0.0625. The second-order valence-corrected chi connectivity index (χ2v) is 6.72. The molecular formula is C16H11ClOS2. The summed E-state index contributed by atoms with van der Waals surface area (Å²) in [6.07, 6.45) is 0. The Bertz CT molecular complexity index is 764. The van der Waals surface area contributed by atoms with Gasteiger partial charge in [-0.2, -0.15) is 0 Å². The van der Waals surface area contributed by atoms with Crippen LogP contribution in [-0.4, -0.2) is 11.5 Å². The van der Waals surface area contributed by atoms with Crippen LogP contribution in [0.15, 0.2) is 58.8 Å². The fourth-order valence-corrected chi connectivity index (χ4v) is 4.02. The van der Waals surface area contributed by atoms with Crippen molar-refractivity contribution in [1.29, 1.82) is 0 Å². The summed E-state index contributed by atoms with van der Waals surface area (Å²) in [6, 6.07) is 15.5. The van der Waals surface area contributed by atoms with E-state index >= 15 is 0 Å². The highest BCUT2D eigenvalue weighted by molar-refractivity contribution is 8.00. The minimum absolute atomic E-state index is 0.156. The van der Waals surface area contributed by atoms with Gasteiger partial charge in [0.1, 0.15) is 0 Å². The number of carbonyl (C=O) groups excluding carboxylic acids is 1. The molecule has 0 saturated carbocycles. The van der Waals surface area contributed by atoms with Gasteiger partial charge in [0.05, 0.1) is 5.75 Å². The zero-order valence-corrected chi connectivity index (χ0v) is 12.9. The molecule has 0 radical (unpaired) electrons. The average Bonchev–Trinajstić information content (AvgIpc) is 2.93. The first-order chi connectivity index (χ1) is 9.74. The molecule has 0 unspecified atom stereocenters. The Hall–Kier alpha value is -1.29. The molecule has 3 aromatic rings. The summed E-state index contributed by atoms with van der Waals surface area (Å²) < 4.78 is 1.07. The summed E-state index contributed by atoms with van der Waals surface area (Å²) in [5.41, 5.74) is 0.812. The van der Waals surface area contributed by atoms with Gasteiger partial charge < -0.3 is 0 Å². The number of fused-ring (bicyclic) bond motifs is 1. The molecule has 0 bridgehead atoms. The topological polar surface area (TPSA) is 17.1 Å². The van der Waals surface area contributed by atoms with Crippen molar-refractivity contribution < 1.29 is 4.79 Å². The predicted molar refractivity (Wildman–Crippen MR) is 88.3 cm³/mol. The van der Waals surface area contributed by atoms with Crippen LogP contribution < -0.4 is 0 Å². The number of rotatable bonds is 4. The highest BCUT2D eigenvalue weighted by atomic mass is 35.5. The van der Waals surface area contributed by atoms with E-state index in [0.29, 0.717) is 10.8 Å². The number of carbonyl (C=O) groups is 1. The van der Waals surface area contributed by atoms with Crippen molar-refractivity contribution in [2.75, 3.05) is 5.75 Å². The maximum atomic E-state index is 12.4. The van der Waals surface area contributed by atoms with Crippen LogP contribution in [-0.2, 0) is 0 Å². The van der Waals surface area contributed by atoms with E-state index in [2.05, 4.69) is 0 Å². The number of ketones is 1. The van der Waals surface area contributed by atoms with Gasteiger partial charge in [-0.25, -0.2) is 0 Å². The van der Waals surface area contributed by atoms with E-state index in [-0.39, 0.29) is 5.78 Å². The standard InChI is InChI=1S/C16H11ClOS2/c17-12-4-2-5-13(9-12)20-10-15(18)14-6-1-3-11-7-8-19-16(11)14/h1-9H,10H2. The largest absolute Gasteiger partial charge is 0.293 e. The van der Waals surface area contributed by atoms with E-state index in [9.17, 15) is 4.79 Å². The van der Waals surface area contributed by atoms with Gasteiger partial charge in [-0.3, -0.25) is 4.79 Å². The van der Waals surface area contributed by atoms with E-state index in [0.717, 1.165) is 20.5 Å². The third-order valence-corrected chi connectivity index (χ3v) is 5.14. The molecule has 3 rings (SSSR count). The monoisotopic (exact) mass is 318 g/mol. The van der Waals surface area contributed by atoms with Crippen molar-refractivity contribution in [2.45, 2.75) is 4.90 Å². The van der Waals surface area contributed by atoms with Gasteiger partial charge in [-0.15, -0.1) is 23.1 Å². The molecular weight excluding hydrogens is 308 g/mol. The van der Waals surface area contributed by atoms with E-state index in [1.165, 1.54) is 11.8 Å². The van der Waals surface area contributed by atoms with Crippen LogP contribution in [0.3, 0.4) is 0 Å². The Kier molecular flexibility index (Phi) is 4.10. The highest BCUT2D eigenvalue weighted by Crippen LogP contribution is 2.27. The zero-order chi connectivity index (χ0) is 13.9. The number of Topliss-reactive ketones (excluding diaryl/α,β-unsaturated/α-hetero) is 1. The van der Waals surface area contributed by atoms with Crippen LogP contribution in [0, 0.1) is 0 Å². The third-order valence-electron chi connectivity index (χ3n) is 2.95. The molecule has 4 heteroatoms. The van der Waals surface area contributed by atoms with Gasteiger partial charge in [0.2, 0.25) is 0 Å². The lowest BCUT2D eigenvalue weighted by Crippen LogP contribution is -2.02. The molecule has 100 valence electrons. The summed E-state index contributed by atoms with van der Waals surface area (Å²) in [4.78, 5) is 13.4. The lowest BCUT2D eigenvalue weighted by atomic mass is 10.1. The Morgan fingerprint density at radius 1 is 1.15 bits per heavy atom. The van der Waals surface area contributed by atoms with Crippen LogP contribution in [0.1, 0.15) is 10.4 Å². The first kappa shape index (κ1) is 13.7. The Morgan fingerprint density at radius 2 is 2.00 bits per heavy atom. The van der Waals surface area contributed by atoms with Crippen LogP contribution in [0.25, 0.3) is 10.1 Å². The normalized spacial score (nSPS) is 10.8. The minimum Gasteiger partial charge on any atom is -0.293 e. The zero-order valence-electron chi connectivity index (χ0n) is 10.5. The third kappa shape index (κ3) is 2.90. The number of thioether (sulfide) groups is 1. The highest BCUT2D eigenvalue weighted by Gasteiger charge is 2.11. The maximum absolute atomic E-state index is 12.4. The van der Waals surface area contributed by atoms with Crippen LogP contribution in [0.2, 0.25) is 5.02 Å². The molecule has 2 aromatic carbocycles. The predicted octanol–water partition coefficient (Wildman–Crippen LogP) is 5.53. The number of halogens is 1. The van der Waals surface area contributed by atoms with Gasteiger partial charge >= 0.3 is 0 Å². The number of thiophene rings is 1. The van der Waals surface area contributed by atoms with Crippen molar-refractivity contribution in [3.8, 4) is 0 Å². The second kappa shape index (κ2) is 6.00. The first-order valence-corrected chi connectivity index (χ1v) is 8.36. The van der Waals surface area contributed by atoms with Crippen LogP contribution in [0.5, 0.6) is 0 Å². The van der Waals surface area contributed by atoms with Gasteiger partial charge in [0.25, 0.3) is 0 Å². The SMILES string of the molecule is O=C(CSc1cccc(Cl)c1)c1cccc2ccsc12. The molecule has 0 amide bonds. The summed E-state index contributed by atoms with van der Waals surface area (Å²) in [6.45, 7) is 0. The molecule has 0 fully saturated rings. The molecule has 0 saturated heterocycles. The van der Waals surface area contributed by atoms with E-state index in [1.54, 1.807) is 11.3 Å². The molecule has 0 aliphatic rings. The molecule has 0 atom stereocenters. The van der Waals surface area contributed by atoms with E-state index < -0.39 is 0 Å². The van der Waals surface area contributed by atoms with Crippen molar-refractivity contribution in [3.05, 3.63) is 64.5 Å². The lowest BCUT2D eigenvalue weighted by Gasteiger charge is -2.03. The van der Waals surface area contributed by atoms with Gasteiger partial charge in [-0.1, -0.05) is 29.8 Å². The molecule has 0 N–H and O–H groups in total. The summed E-state index contributed by atoms with van der Waals surface area (Å²) in [5, 5.41) is 3.85. The Labute approximate surface area is 130 Å². The summed E-state index contributed by atoms with van der Waals surface area (Å²) >= 11 is 9.08. The summed E-state index contributed by atoms with van der Waals surface area (Å²) in [5.74, 6) is 0.584. The fourth-order valence-electron chi connectivity index (χ4n) is 2.00. The molecule has 0 aliphatic heterocycles. The summed E-state index contributed by atoms with van der Waals surface area (Å²) in [7, 11) is 0. The number of hydrogen-bond acceptors (Lipinski definition) is 3. The molecule has 0 aliphatic carbocycles. The molecule has 20 heavy (non-hydrogen) atoms. The van der Waals surface area contributed by atoms with Crippen molar-refractivity contribution in [3.63, 3.8) is 0 Å². The van der Waals surface area contributed by atoms with Crippen molar-refractivity contribution in [2.24, 2.45) is 0 Å². The van der Waals surface area contributed by atoms with Gasteiger partial charge in [-0.05, 0) is 41.1 Å². The van der Waals surface area contributed by atoms with Crippen molar-refractivity contribution in [1.82, 2.24) is 0 Å². The Morgan fingerprint density at radius 3 is 2.85 bits per heavy atom. The quantitative estimate of drug-likeness (QED) is 0.465. The minimum atomic E-state index is 0.156. The van der Waals surface area contributed by atoms with Gasteiger partial charge in [0.15, 0.2) is 5.78 Å². The molecule has 1 heterocycles. The van der Waals surface area contributed by atoms with Crippen molar-refractivity contribution >= 4 is 50.6 Å². The average molecular weight is 319 g/mol. The molecule has 0 spiro atoms. The van der Waals surface area contributed by atoms with Crippen LogP contribution >= 0.6 is 34.7 Å². The molecule has 1 aromatic heterocycles. The van der Waals surface area contributed by atoms with E-state index in [1.807, 2.05) is 53.9 Å². The number of hydrogen-bond donors (Lipinski definition) is 0. The molecule has 1 nitrogen and oxygen atoms in total. The maximum Gasteiger partial charge on any atom is 0.174 e. The smallest absolute Gasteiger partial charge is 0.174 e. The second-order valence-electron chi connectivity index (χ2n) is 4.31. The first-order valence-electron chi connectivity index (χ1n) is 6.12. The van der Waals surface area contributed by atoms with Gasteiger partial charge in [0, 0.05) is 20.2 Å². The van der Waals surface area contributed by atoms with Crippen LogP contribution in [0.4, 0.5) is 0 Å². The lowest BCUT2D eigenvalue weighted by molar-refractivity contribution is 0.102. The Balaban J connectivity index is 1.78.